The highest BCUT2D eigenvalue weighted by Crippen LogP contribution is 2.05. The standard InChI is InChI=1S/C14H17N3O3/c15-13(19)5-1-2-7-17-14(20)12-6-8-16-10-11(12)4-3-9-18/h6,8,10,18H,1-2,5,7,9H2,(H2,15,19)(H,17,20). The third-order valence-corrected chi connectivity index (χ3v) is 2.50. The van der Waals surface area contributed by atoms with Crippen LogP contribution in [0.2, 0.25) is 0 Å². The minimum absolute atomic E-state index is 0.256. The maximum absolute atomic E-state index is 12.0. The van der Waals surface area contributed by atoms with E-state index >= 15 is 0 Å². The molecule has 1 aromatic rings. The Bertz CT molecular complexity index is 532. The molecule has 0 aliphatic heterocycles. The van der Waals surface area contributed by atoms with Crippen molar-refractivity contribution in [1.29, 1.82) is 0 Å². The molecule has 20 heavy (non-hydrogen) atoms. The Morgan fingerprint density at radius 2 is 2.20 bits per heavy atom. The second kappa shape index (κ2) is 8.67. The van der Waals surface area contributed by atoms with Gasteiger partial charge in [0.1, 0.15) is 6.61 Å². The summed E-state index contributed by atoms with van der Waals surface area (Å²) in [5.41, 5.74) is 5.90. The van der Waals surface area contributed by atoms with E-state index in [0.717, 1.165) is 0 Å². The van der Waals surface area contributed by atoms with Crippen molar-refractivity contribution in [3.63, 3.8) is 0 Å². The van der Waals surface area contributed by atoms with Gasteiger partial charge in [-0.15, -0.1) is 0 Å². The number of pyridine rings is 1. The molecule has 0 saturated carbocycles. The zero-order chi connectivity index (χ0) is 14.8. The monoisotopic (exact) mass is 275 g/mol. The molecule has 4 N–H and O–H groups in total. The highest BCUT2D eigenvalue weighted by Gasteiger charge is 2.09. The normalized spacial score (nSPS) is 9.45. The lowest BCUT2D eigenvalue weighted by molar-refractivity contribution is -0.118. The van der Waals surface area contributed by atoms with Crippen LogP contribution in [0.3, 0.4) is 0 Å². The largest absolute Gasteiger partial charge is 0.384 e. The lowest BCUT2D eigenvalue weighted by Crippen LogP contribution is -2.25. The predicted molar refractivity (Wildman–Crippen MR) is 73.6 cm³/mol. The van der Waals surface area contributed by atoms with E-state index in [1.54, 1.807) is 6.07 Å². The molecule has 0 radical (unpaired) electrons. The number of nitrogens with one attached hydrogen (secondary N) is 1. The maximum atomic E-state index is 12.0. The van der Waals surface area contributed by atoms with Crippen LogP contribution in [0.25, 0.3) is 0 Å². The van der Waals surface area contributed by atoms with Gasteiger partial charge in [0.15, 0.2) is 0 Å². The van der Waals surface area contributed by atoms with E-state index in [4.69, 9.17) is 10.8 Å². The van der Waals surface area contributed by atoms with Gasteiger partial charge < -0.3 is 16.2 Å². The average molecular weight is 275 g/mol. The van der Waals surface area contributed by atoms with Gasteiger partial charge in [-0.05, 0) is 18.9 Å². The van der Waals surface area contributed by atoms with Gasteiger partial charge in [0.25, 0.3) is 5.91 Å². The number of aromatic nitrogens is 1. The van der Waals surface area contributed by atoms with Crippen LogP contribution in [0.1, 0.15) is 35.2 Å². The van der Waals surface area contributed by atoms with Crippen LogP contribution in [0.5, 0.6) is 0 Å². The number of carbonyl (C=O) groups excluding carboxylic acids is 2. The molecule has 0 aliphatic carbocycles. The molecule has 106 valence electrons. The molecular formula is C14H17N3O3. The topological polar surface area (TPSA) is 105 Å². The number of amides is 2. The second-order valence-electron chi connectivity index (χ2n) is 4.06. The van der Waals surface area contributed by atoms with Crippen LogP contribution in [-0.2, 0) is 4.79 Å². The van der Waals surface area contributed by atoms with Crippen molar-refractivity contribution in [2.75, 3.05) is 13.2 Å². The Hall–Kier alpha value is -2.39. The predicted octanol–water partition coefficient (Wildman–Crippen LogP) is -0.189. The molecule has 1 aromatic heterocycles. The van der Waals surface area contributed by atoms with Crippen LogP contribution in [0.4, 0.5) is 0 Å². The summed E-state index contributed by atoms with van der Waals surface area (Å²) in [6, 6.07) is 1.57. The van der Waals surface area contributed by atoms with Gasteiger partial charge in [-0.2, -0.15) is 0 Å². The summed E-state index contributed by atoms with van der Waals surface area (Å²) in [4.78, 5) is 26.4. The quantitative estimate of drug-likeness (QED) is 0.494. The van der Waals surface area contributed by atoms with Gasteiger partial charge >= 0.3 is 0 Å². The van der Waals surface area contributed by atoms with Crippen LogP contribution >= 0.6 is 0 Å². The Balaban J connectivity index is 2.53. The van der Waals surface area contributed by atoms with Gasteiger partial charge in [-0.1, -0.05) is 11.8 Å². The SMILES string of the molecule is NC(=O)CCCCNC(=O)c1ccncc1C#CCO. The summed E-state index contributed by atoms with van der Waals surface area (Å²) in [6.07, 6.45) is 4.62. The van der Waals surface area contributed by atoms with E-state index in [1.807, 2.05) is 0 Å². The van der Waals surface area contributed by atoms with Crippen LogP contribution < -0.4 is 11.1 Å². The molecule has 6 nitrogen and oxygen atoms in total. The minimum atomic E-state index is -0.341. The third-order valence-electron chi connectivity index (χ3n) is 2.50. The summed E-state index contributed by atoms with van der Waals surface area (Å²) in [6.45, 7) is 0.185. The van der Waals surface area contributed by atoms with Crippen molar-refractivity contribution >= 4 is 11.8 Å². The first-order valence-electron chi connectivity index (χ1n) is 6.25. The Morgan fingerprint density at radius 3 is 2.90 bits per heavy atom. The molecule has 0 bridgehead atoms. The summed E-state index contributed by atoms with van der Waals surface area (Å²) in [5.74, 6) is 4.56. The number of primary amides is 1. The number of aliphatic hydroxyl groups is 1. The summed E-state index contributed by atoms with van der Waals surface area (Å²) >= 11 is 0. The first kappa shape index (κ1) is 15.7. The van der Waals surface area contributed by atoms with Crippen molar-refractivity contribution in [2.24, 2.45) is 5.73 Å². The maximum Gasteiger partial charge on any atom is 0.252 e. The van der Waals surface area contributed by atoms with Crippen molar-refractivity contribution < 1.29 is 14.7 Å². The van der Waals surface area contributed by atoms with Gasteiger partial charge in [0.05, 0.1) is 11.1 Å². The van der Waals surface area contributed by atoms with Gasteiger partial charge in [0.2, 0.25) is 5.91 Å². The van der Waals surface area contributed by atoms with E-state index in [9.17, 15) is 9.59 Å². The number of rotatable bonds is 6. The lowest BCUT2D eigenvalue weighted by atomic mass is 10.1. The number of nitrogens with two attached hydrogens (primary N) is 1. The highest BCUT2D eigenvalue weighted by molar-refractivity contribution is 5.96. The summed E-state index contributed by atoms with van der Waals surface area (Å²) in [7, 11) is 0. The summed E-state index contributed by atoms with van der Waals surface area (Å²) < 4.78 is 0. The highest BCUT2D eigenvalue weighted by atomic mass is 16.2. The number of hydrogen-bond acceptors (Lipinski definition) is 4. The Kier molecular flexibility index (Phi) is 6.79. The molecule has 0 atom stereocenters. The zero-order valence-corrected chi connectivity index (χ0v) is 11.1. The third kappa shape index (κ3) is 5.50. The van der Waals surface area contributed by atoms with Crippen molar-refractivity contribution in [3.8, 4) is 11.8 Å². The molecule has 0 saturated heterocycles. The van der Waals surface area contributed by atoms with E-state index < -0.39 is 0 Å². The number of carbonyl (C=O) groups is 2. The van der Waals surface area contributed by atoms with E-state index in [2.05, 4.69) is 22.1 Å². The Labute approximate surface area is 117 Å². The van der Waals surface area contributed by atoms with Crippen molar-refractivity contribution in [2.45, 2.75) is 19.3 Å². The molecule has 6 heteroatoms. The van der Waals surface area contributed by atoms with E-state index in [1.165, 1.54) is 12.4 Å². The molecule has 0 unspecified atom stereocenters. The lowest BCUT2D eigenvalue weighted by Gasteiger charge is -2.06. The number of unbranched alkanes of at least 4 members (excludes halogenated alkanes) is 1. The van der Waals surface area contributed by atoms with Crippen molar-refractivity contribution in [3.05, 3.63) is 29.6 Å². The molecule has 0 fully saturated rings. The van der Waals surface area contributed by atoms with E-state index in [0.29, 0.717) is 36.9 Å². The van der Waals surface area contributed by atoms with Crippen LogP contribution in [-0.4, -0.2) is 35.1 Å². The number of nitrogens with zero attached hydrogens (tertiary/aromatic N) is 1. The fourth-order valence-electron chi connectivity index (χ4n) is 1.55. The Morgan fingerprint density at radius 1 is 1.40 bits per heavy atom. The minimum Gasteiger partial charge on any atom is -0.384 e. The first-order valence-corrected chi connectivity index (χ1v) is 6.25. The molecular weight excluding hydrogens is 258 g/mol. The average Bonchev–Trinajstić information content (AvgIpc) is 2.44. The number of aliphatic hydroxyl groups excluding tert-OH is 1. The molecule has 0 aliphatic rings. The molecule has 0 aromatic carbocycles. The molecule has 1 heterocycles. The van der Waals surface area contributed by atoms with Crippen LogP contribution in [0.15, 0.2) is 18.5 Å². The fraction of sp³-hybridized carbons (Fsp3) is 0.357. The van der Waals surface area contributed by atoms with Gasteiger partial charge in [0, 0.05) is 25.4 Å². The smallest absolute Gasteiger partial charge is 0.252 e. The molecule has 1 rings (SSSR count). The van der Waals surface area contributed by atoms with Crippen molar-refractivity contribution in [1.82, 2.24) is 10.3 Å². The number of hydrogen-bond donors (Lipinski definition) is 3. The van der Waals surface area contributed by atoms with Gasteiger partial charge in [-0.25, -0.2) is 0 Å². The zero-order valence-electron chi connectivity index (χ0n) is 11.1. The van der Waals surface area contributed by atoms with E-state index in [-0.39, 0.29) is 18.4 Å². The summed E-state index contributed by atoms with van der Waals surface area (Å²) in [5, 5.41) is 11.4. The first-order chi connectivity index (χ1) is 9.65. The molecule has 0 spiro atoms. The second-order valence-corrected chi connectivity index (χ2v) is 4.06. The fourth-order valence-corrected chi connectivity index (χ4v) is 1.55. The van der Waals surface area contributed by atoms with Crippen LogP contribution in [0, 0.1) is 11.8 Å². The van der Waals surface area contributed by atoms with Gasteiger partial charge in [-0.3, -0.25) is 14.6 Å². The molecule has 2 amide bonds.